The van der Waals surface area contributed by atoms with Crippen molar-refractivity contribution in [2.45, 2.75) is 6.92 Å². The maximum atomic E-state index is 12.1. The van der Waals surface area contributed by atoms with Gasteiger partial charge in [-0.15, -0.1) is 0 Å². The number of hydrogen-bond acceptors (Lipinski definition) is 3. The zero-order valence-electron chi connectivity index (χ0n) is 11.7. The van der Waals surface area contributed by atoms with Crippen LogP contribution in [0.25, 0.3) is 0 Å². The van der Waals surface area contributed by atoms with E-state index in [4.69, 9.17) is 5.11 Å². The van der Waals surface area contributed by atoms with Crippen LogP contribution < -0.4 is 5.32 Å². The number of urea groups is 1. The summed E-state index contributed by atoms with van der Waals surface area (Å²) in [6.07, 6.45) is 0. The van der Waals surface area contributed by atoms with Crippen molar-refractivity contribution in [1.29, 1.82) is 0 Å². The molecule has 20 heavy (non-hydrogen) atoms. The molecule has 2 amide bonds. The Morgan fingerprint density at radius 1 is 1.20 bits per heavy atom. The van der Waals surface area contributed by atoms with Gasteiger partial charge in [0.1, 0.15) is 0 Å². The van der Waals surface area contributed by atoms with Crippen LogP contribution in [0, 0.1) is 6.92 Å². The van der Waals surface area contributed by atoms with Gasteiger partial charge in [-0.3, -0.25) is 0 Å². The van der Waals surface area contributed by atoms with Crippen molar-refractivity contribution < 1.29 is 14.7 Å². The highest BCUT2D eigenvalue weighted by molar-refractivity contribution is 5.92. The van der Waals surface area contributed by atoms with Crippen LogP contribution in [0.5, 0.6) is 0 Å². The van der Waals surface area contributed by atoms with E-state index in [9.17, 15) is 9.59 Å². The average molecular weight is 277 g/mol. The van der Waals surface area contributed by atoms with Gasteiger partial charge in [0.25, 0.3) is 0 Å². The van der Waals surface area contributed by atoms with Crippen LogP contribution in [0.2, 0.25) is 0 Å². The third kappa shape index (κ3) is 3.27. The van der Waals surface area contributed by atoms with Gasteiger partial charge in [-0.2, -0.15) is 0 Å². The molecule has 0 aliphatic carbocycles. The maximum Gasteiger partial charge on any atom is 0.335 e. The molecule has 1 fully saturated rings. The van der Waals surface area contributed by atoms with Crippen molar-refractivity contribution in [3.8, 4) is 0 Å². The molecule has 2 rings (SSSR count). The summed E-state index contributed by atoms with van der Waals surface area (Å²) in [5, 5.41) is 11.8. The van der Waals surface area contributed by atoms with Gasteiger partial charge in [0.15, 0.2) is 0 Å². The van der Waals surface area contributed by atoms with Gasteiger partial charge >= 0.3 is 12.0 Å². The molecule has 1 aromatic carbocycles. The Hall–Kier alpha value is -2.08. The molecular formula is C14H19N3O3. The quantitative estimate of drug-likeness (QED) is 0.858. The van der Waals surface area contributed by atoms with E-state index in [0.29, 0.717) is 24.3 Å². The first-order valence-electron chi connectivity index (χ1n) is 6.56. The third-order valence-electron chi connectivity index (χ3n) is 3.50. The highest BCUT2D eigenvalue weighted by Gasteiger charge is 2.19. The normalized spacial score (nSPS) is 16.0. The summed E-state index contributed by atoms with van der Waals surface area (Å²) in [6.45, 7) is 4.85. The minimum atomic E-state index is -0.959. The van der Waals surface area contributed by atoms with E-state index < -0.39 is 5.97 Å². The number of aromatic carboxylic acids is 1. The fourth-order valence-electron chi connectivity index (χ4n) is 2.19. The zero-order valence-corrected chi connectivity index (χ0v) is 11.7. The van der Waals surface area contributed by atoms with Crippen molar-refractivity contribution in [2.75, 3.05) is 38.5 Å². The van der Waals surface area contributed by atoms with E-state index in [0.717, 1.165) is 13.1 Å². The van der Waals surface area contributed by atoms with Crippen LogP contribution in [0.15, 0.2) is 18.2 Å². The van der Waals surface area contributed by atoms with Gasteiger partial charge in [0, 0.05) is 31.9 Å². The Balaban J connectivity index is 2.01. The molecule has 0 aromatic heterocycles. The lowest BCUT2D eigenvalue weighted by atomic mass is 10.1. The number of amides is 2. The molecule has 1 aliphatic rings. The minimum absolute atomic E-state index is 0.138. The summed E-state index contributed by atoms with van der Waals surface area (Å²) in [5.74, 6) is -0.959. The van der Waals surface area contributed by atoms with Gasteiger partial charge < -0.3 is 20.2 Å². The van der Waals surface area contributed by atoms with E-state index in [1.807, 2.05) is 7.05 Å². The molecule has 6 heteroatoms. The van der Waals surface area contributed by atoms with Gasteiger partial charge in [-0.25, -0.2) is 9.59 Å². The van der Waals surface area contributed by atoms with Crippen LogP contribution >= 0.6 is 0 Å². The molecular weight excluding hydrogens is 258 g/mol. The lowest BCUT2D eigenvalue weighted by Crippen LogP contribution is -2.48. The number of carbonyl (C=O) groups is 2. The first-order valence-corrected chi connectivity index (χ1v) is 6.56. The number of aryl methyl sites for hydroxylation is 1. The second kappa shape index (κ2) is 5.92. The number of hydrogen-bond donors (Lipinski definition) is 2. The van der Waals surface area contributed by atoms with E-state index in [1.54, 1.807) is 24.0 Å². The van der Waals surface area contributed by atoms with Gasteiger partial charge in [-0.1, -0.05) is 0 Å². The summed E-state index contributed by atoms with van der Waals surface area (Å²) < 4.78 is 0. The molecule has 0 atom stereocenters. The Morgan fingerprint density at radius 3 is 2.40 bits per heavy atom. The Bertz CT molecular complexity index is 522. The van der Waals surface area contributed by atoms with E-state index in [-0.39, 0.29) is 11.6 Å². The smallest absolute Gasteiger partial charge is 0.335 e. The Morgan fingerprint density at radius 2 is 1.85 bits per heavy atom. The lowest BCUT2D eigenvalue weighted by Gasteiger charge is -2.32. The van der Waals surface area contributed by atoms with Crippen LogP contribution in [0.4, 0.5) is 10.5 Å². The summed E-state index contributed by atoms with van der Waals surface area (Å²) in [4.78, 5) is 27.0. The van der Waals surface area contributed by atoms with Gasteiger partial charge in [-0.05, 0) is 37.7 Å². The number of carboxylic acids is 1. The number of carboxylic acid groups (broad SMARTS) is 1. The molecule has 1 aromatic rings. The SMILES string of the molecule is Cc1cc(NC(=O)N2CCN(C)CC2)ccc1C(=O)O. The highest BCUT2D eigenvalue weighted by Crippen LogP contribution is 2.16. The lowest BCUT2D eigenvalue weighted by molar-refractivity contribution is 0.0696. The molecule has 6 nitrogen and oxygen atoms in total. The minimum Gasteiger partial charge on any atom is -0.478 e. The summed E-state index contributed by atoms with van der Waals surface area (Å²) in [6, 6.07) is 4.67. The van der Waals surface area contributed by atoms with E-state index in [2.05, 4.69) is 10.2 Å². The van der Waals surface area contributed by atoms with E-state index >= 15 is 0 Å². The van der Waals surface area contributed by atoms with Gasteiger partial charge in [0.05, 0.1) is 5.56 Å². The molecule has 2 N–H and O–H groups in total. The number of benzene rings is 1. The van der Waals surface area contributed by atoms with E-state index in [1.165, 1.54) is 6.07 Å². The Kier molecular flexibility index (Phi) is 4.24. The standard InChI is InChI=1S/C14H19N3O3/c1-10-9-11(3-4-12(10)13(18)19)15-14(20)17-7-5-16(2)6-8-17/h3-4,9H,5-8H2,1-2H3,(H,15,20)(H,18,19). The zero-order chi connectivity index (χ0) is 14.7. The number of nitrogens with zero attached hydrogens (tertiary/aromatic N) is 2. The highest BCUT2D eigenvalue weighted by atomic mass is 16.4. The van der Waals surface area contributed by atoms with Crippen molar-refractivity contribution in [1.82, 2.24) is 9.80 Å². The second-order valence-corrected chi connectivity index (χ2v) is 5.06. The van der Waals surface area contributed by atoms with Crippen molar-refractivity contribution in [3.05, 3.63) is 29.3 Å². The number of rotatable bonds is 2. The monoisotopic (exact) mass is 277 g/mol. The van der Waals surface area contributed by atoms with Crippen LogP contribution in [0.3, 0.4) is 0 Å². The van der Waals surface area contributed by atoms with Crippen molar-refractivity contribution in [3.63, 3.8) is 0 Å². The molecule has 0 bridgehead atoms. The van der Waals surface area contributed by atoms with Crippen LogP contribution in [-0.4, -0.2) is 60.1 Å². The maximum absolute atomic E-state index is 12.1. The fourth-order valence-corrected chi connectivity index (χ4v) is 2.19. The first-order chi connectivity index (χ1) is 9.47. The molecule has 1 aliphatic heterocycles. The van der Waals surface area contributed by atoms with Crippen molar-refractivity contribution in [2.24, 2.45) is 0 Å². The van der Waals surface area contributed by atoms with Crippen LogP contribution in [0.1, 0.15) is 15.9 Å². The summed E-state index contributed by atoms with van der Waals surface area (Å²) in [5.41, 5.74) is 1.51. The first kappa shape index (κ1) is 14.3. The fraction of sp³-hybridized carbons (Fsp3) is 0.429. The number of likely N-dealkylation sites (N-methyl/N-ethyl adjacent to an activating group) is 1. The largest absolute Gasteiger partial charge is 0.478 e. The molecule has 1 heterocycles. The topological polar surface area (TPSA) is 72.9 Å². The van der Waals surface area contributed by atoms with Crippen molar-refractivity contribution >= 4 is 17.7 Å². The number of carbonyl (C=O) groups excluding carboxylic acids is 1. The Labute approximate surface area is 118 Å². The predicted molar refractivity (Wildman–Crippen MR) is 76.2 cm³/mol. The molecule has 0 spiro atoms. The summed E-state index contributed by atoms with van der Waals surface area (Å²) >= 11 is 0. The summed E-state index contributed by atoms with van der Waals surface area (Å²) in [7, 11) is 2.03. The number of anilines is 1. The predicted octanol–water partition coefficient (Wildman–Crippen LogP) is 1.47. The molecule has 0 saturated carbocycles. The second-order valence-electron chi connectivity index (χ2n) is 5.06. The molecule has 0 radical (unpaired) electrons. The average Bonchev–Trinajstić information content (AvgIpc) is 2.39. The molecule has 1 saturated heterocycles. The number of nitrogens with one attached hydrogen (secondary N) is 1. The third-order valence-corrected chi connectivity index (χ3v) is 3.50. The number of piperazine rings is 1. The molecule has 0 unspecified atom stereocenters. The van der Waals surface area contributed by atoms with Crippen LogP contribution in [-0.2, 0) is 0 Å². The van der Waals surface area contributed by atoms with Gasteiger partial charge in [0.2, 0.25) is 0 Å². The molecule has 108 valence electrons.